The molecule has 2 aromatic heterocycles. The topological polar surface area (TPSA) is 24.9 Å². The average Bonchev–Trinajstić information content (AvgIpc) is 3.33. The van der Waals surface area contributed by atoms with Crippen LogP contribution >= 0.6 is 0 Å². The van der Waals surface area contributed by atoms with E-state index in [-0.39, 0.29) is 20.1 Å². The zero-order valence-corrected chi connectivity index (χ0v) is 23.8. The first-order valence-electron chi connectivity index (χ1n) is 12.3. The van der Waals surface area contributed by atoms with Gasteiger partial charge in [-0.3, -0.25) is 4.57 Å². The molecular weight excluding hydrogens is 645 g/mol. The normalized spacial score (nSPS) is 11.3. The Morgan fingerprint density at radius 1 is 0.737 bits per heavy atom. The van der Waals surface area contributed by atoms with Gasteiger partial charge in [-0.2, -0.15) is 24.3 Å². The Morgan fingerprint density at radius 2 is 1.47 bits per heavy atom. The molecule has 0 saturated carbocycles. The summed E-state index contributed by atoms with van der Waals surface area (Å²) in [5, 5.41) is 0. The maximum atomic E-state index is 4.22. The van der Waals surface area contributed by atoms with E-state index in [1.165, 1.54) is 28.0 Å². The number of nitrogens with zero attached hydrogens (tertiary/aromatic N) is 4. The van der Waals surface area contributed by atoms with Crippen molar-refractivity contribution in [2.75, 3.05) is 11.9 Å². The zero-order valence-electron chi connectivity index (χ0n) is 21.4. The van der Waals surface area contributed by atoms with Crippen molar-refractivity contribution in [1.29, 1.82) is 0 Å². The number of hydrogen-bond acceptors (Lipinski definition) is 2. The van der Waals surface area contributed by atoms with Gasteiger partial charge in [0, 0.05) is 11.9 Å². The number of aromatic nitrogens is 3. The fraction of sp³-hybridized carbons (Fsp3) is 0.0909. The minimum Gasteiger partial charge on any atom is -0.404 e. The maximum Gasteiger partial charge on any atom is 3.00 e. The standard InChI is InChI=1S/C22H18N3.C11H8N.Ir/c1-15-8-6-9-16(2)21(15)25-14-24-18-11-5-4-10-17(18)23(3)19-12-7-13-20(25)22(19)24;1-2-6-10(7-3-1)11-8-4-5-9-12-11;/h4-10,12-13H,1-3H3;1-6,8-9H;/q2*-1;+3. The smallest absolute Gasteiger partial charge is 0.404 e. The van der Waals surface area contributed by atoms with E-state index in [9.17, 15) is 0 Å². The van der Waals surface area contributed by atoms with Gasteiger partial charge in [0.25, 0.3) is 6.33 Å². The Hall–Kier alpha value is -4.05. The molecule has 4 nitrogen and oxygen atoms in total. The first-order valence-corrected chi connectivity index (χ1v) is 12.3. The van der Waals surface area contributed by atoms with E-state index >= 15 is 0 Å². The van der Waals surface area contributed by atoms with Crippen LogP contribution in [-0.4, -0.2) is 16.6 Å². The van der Waals surface area contributed by atoms with Gasteiger partial charge in [0.1, 0.15) is 5.52 Å². The van der Waals surface area contributed by atoms with Crippen LogP contribution < -0.4 is 9.47 Å². The molecule has 0 amide bonds. The van der Waals surface area contributed by atoms with Crippen molar-refractivity contribution in [2.24, 2.45) is 0 Å². The quantitative estimate of drug-likeness (QED) is 0.151. The molecule has 0 spiro atoms. The molecule has 0 fully saturated rings. The van der Waals surface area contributed by atoms with Crippen LogP contribution in [0.5, 0.6) is 0 Å². The molecule has 0 bridgehead atoms. The minimum atomic E-state index is 0. The zero-order chi connectivity index (χ0) is 25.4. The van der Waals surface area contributed by atoms with Gasteiger partial charge in [-0.15, -0.1) is 35.9 Å². The summed E-state index contributed by atoms with van der Waals surface area (Å²) < 4.78 is 4.33. The van der Waals surface area contributed by atoms with E-state index in [0.29, 0.717) is 0 Å². The molecule has 0 radical (unpaired) electrons. The number of aryl methyl sites for hydroxylation is 2. The number of para-hydroxylation sites is 3. The van der Waals surface area contributed by atoms with Crippen molar-refractivity contribution in [3.63, 3.8) is 0 Å². The molecule has 7 rings (SSSR count). The molecule has 0 atom stereocenters. The van der Waals surface area contributed by atoms with Gasteiger partial charge >= 0.3 is 20.1 Å². The van der Waals surface area contributed by atoms with Crippen molar-refractivity contribution < 1.29 is 24.7 Å². The number of hydrogen-bond donors (Lipinski definition) is 0. The Balaban J connectivity index is 0.000000191. The summed E-state index contributed by atoms with van der Waals surface area (Å²) in [6.07, 6.45) is 5.37. The summed E-state index contributed by atoms with van der Waals surface area (Å²) in [4.78, 5) is 6.45. The van der Waals surface area contributed by atoms with Gasteiger partial charge in [-0.05, 0) is 55.5 Å². The van der Waals surface area contributed by atoms with Crippen molar-refractivity contribution >= 4 is 22.4 Å². The van der Waals surface area contributed by atoms with Gasteiger partial charge in [0.05, 0.1) is 11.2 Å². The van der Waals surface area contributed by atoms with Crippen molar-refractivity contribution in [3.05, 3.63) is 133 Å². The molecule has 1 aliphatic heterocycles. The molecule has 0 saturated heterocycles. The number of pyridine rings is 1. The molecule has 5 heteroatoms. The number of rotatable bonds is 2. The van der Waals surface area contributed by atoms with Crippen LogP contribution in [0.2, 0.25) is 0 Å². The first-order chi connectivity index (χ1) is 18.1. The molecule has 0 N–H and O–H groups in total. The number of anilines is 2. The summed E-state index contributed by atoms with van der Waals surface area (Å²) >= 11 is 0. The minimum absolute atomic E-state index is 0. The second-order valence-electron chi connectivity index (χ2n) is 9.11. The maximum absolute atomic E-state index is 4.22. The Kier molecular flexibility index (Phi) is 7.24. The SMILES string of the molecule is Cc1cccc(C)c1-n1[c-][n+]2c3c(cccc31)N(C)c1ccc[c-]c1-2.[Ir+3].[c-]1ccccc1-c1ccccn1. The fourth-order valence-electron chi connectivity index (χ4n) is 4.97. The second kappa shape index (κ2) is 10.7. The molecule has 0 aliphatic carbocycles. The van der Waals surface area contributed by atoms with E-state index in [2.05, 4.69) is 101 Å². The third kappa shape index (κ3) is 4.45. The van der Waals surface area contributed by atoms with Crippen molar-refractivity contribution in [1.82, 2.24) is 9.55 Å². The monoisotopic (exact) mass is 671 g/mol. The Labute approximate surface area is 237 Å². The predicted molar refractivity (Wildman–Crippen MR) is 149 cm³/mol. The van der Waals surface area contributed by atoms with Crippen LogP contribution in [-0.2, 0) is 20.1 Å². The third-order valence-corrected chi connectivity index (χ3v) is 6.73. The van der Waals surface area contributed by atoms with E-state index in [1.807, 2.05) is 54.6 Å². The van der Waals surface area contributed by atoms with Crippen LogP contribution in [0.1, 0.15) is 11.1 Å². The van der Waals surface area contributed by atoms with Crippen LogP contribution in [0.4, 0.5) is 11.4 Å². The average molecular weight is 671 g/mol. The number of benzene rings is 4. The Bertz CT molecular complexity index is 1650. The van der Waals surface area contributed by atoms with Gasteiger partial charge in [-0.1, -0.05) is 48.2 Å². The molecule has 3 heterocycles. The van der Waals surface area contributed by atoms with Crippen LogP contribution in [0.15, 0.2) is 103 Å². The van der Waals surface area contributed by atoms with Crippen LogP contribution in [0, 0.1) is 32.3 Å². The molecule has 0 unspecified atom stereocenters. The summed E-state index contributed by atoms with van der Waals surface area (Å²) in [6, 6.07) is 39.2. The van der Waals surface area contributed by atoms with Gasteiger partial charge in [0.2, 0.25) is 0 Å². The van der Waals surface area contributed by atoms with Crippen LogP contribution in [0.25, 0.3) is 33.7 Å². The largest absolute Gasteiger partial charge is 3.00 e. The van der Waals surface area contributed by atoms with Crippen molar-refractivity contribution in [3.8, 4) is 22.6 Å². The molecule has 186 valence electrons. The Morgan fingerprint density at radius 3 is 2.21 bits per heavy atom. The summed E-state index contributed by atoms with van der Waals surface area (Å²) in [5.74, 6) is 0. The third-order valence-electron chi connectivity index (χ3n) is 6.73. The van der Waals surface area contributed by atoms with E-state index < -0.39 is 0 Å². The van der Waals surface area contributed by atoms with Crippen molar-refractivity contribution in [2.45, 2.75) is 13.8 Å². The fourth-order valence-corrected chi connectivity index (χ4v) is 4.97. The number of imidazole rings is 1. The van der Waals surface area contributed by atoms with Crippen LogP contribution in [0.3, 0.4) is 0 Å². The summed E-state index contributed by atoms with van der Waals surface area (Å²) in [7, 11) is 2.11. The van der Waals surface area contributed by atoms with Gasteiger partial charge in [-0.25, -0.2) is 0 Å². The number of fused-ring (bicyclic) bond motifs is 2. The van der Waals surface area contributed by atoms with E-state index in [0.717, 1.165) is 28.1 Å². The molecule has 4 aromatic carbocycles. The summed E-state index contributed by atoms with van der Waals surface area (Å²) in [6.45, 7) is 4.31. The molecule has 6 aromatic rings. The van der Waals surface area contributed by atoms with E-state index in [4.69, 9.17) is 0 Å². The van der Waals surface area contributed by atoms with E-state index in [1.54, 1.807) is 6.20 Å². The predicted octanol–water partition coefficient (Wildman–Crippen LogP) is 6.75. The van der Waals surface area contributed by atoms with Gasteiger partial charge < -0.3 is 14.5 Å². The van der Waals surface area contributed by atoms with Gasteiger partial charge in [0.15, 0.2) is 0 Å². The molecule has 1 aliphatic rings. The molecular formula is C33H26IrN4+. The second-order valence-corrected chi connectivity index (χ2v) is 9.11. The molecule has 38 heavy (non-hydrogen) atoms. The first kappa shape index (κ1) is 25.6. The summed E-state index contributed by atoms with van der Waals surface area (Å²) in [5.41, 5.74) is 11.4.